The molecule has 1 rings (SSSR count). The molecule has 1 aromatic rings. The van der Waals surface area contributed by atoms with Crippen LogP contribution >= 0.6 is 0 Å². The summed E-state index contributed by atoms with van der Waals surface area (Å²) in [4.78, 5) is 20.9. The fraction of sp³-hybridized carbons (Fsp3) is 0.385. The average Bonchev–Trinajstić information content (AvgIpc) is 2.29. The van der Waals surface area contributed by atoms with Crippen LogP contribution < -0.4 is 5.32 Å². The monoisotopic (exact) mass is 235 g/mol. The molecule has 0 aliphatic carbocycles. The van der Waals surface area contributed by atoms with Crippen LogP contribution in [0.5, 0.6) is 0 Å². The van der Waals surface area contributed by atoms with Gasteiger partial charge in [-0.1, -0.05) is 29.8 Å². The van der Waals surface area contributed by atoms with Gasteiger partial charge in [-0.05, 0) is 25.3 Å². The predicted molar refractivity (Wildman–Crippen MR) is 64.7 cm³/mol. The van der Waals surface area contributed by atoms with Crippen LogP contribution in [0.2, 0.25) is 0 Å². The topological polar surface area (TPSA) is 66.4 Å². The van der Waals surface area contributed by atoms with Crippen LogP contribution in [-0.2, 0) is 16.0 Å². The molecule has 2 N–H and O–H groups in total. The molecule has 0 saturated carbocycles. The first kappa shape index (κ1) is 13.2. The molecule has 1 unspecified atom stereocenters. The standard InChI is InChI=1S/C13H17NO3/c1-10-2-4-11(5-3-10)8-12(14-9-15)6-7-13(16)17/h2-5,9,12H,6-8H2,1H3,(H,14,15)(H,16,17). The first-order chi connectivity index (χ1) is 8.11. The van der Waals surface area contributed by atoms with E-state index in [1.807, 2.05) is 31.2 Å². The zero-order valence-corrected chi connectivity index (χ0v) is 9.85. The van der Waals surface area contributed by atoms with Crippen molar-refractivity contribution in [2.75, 3.05) is 0 Å². The second-order valence-electron chi connectivity index (χ2n) is 4.10. The largest absolute Gasteiger partial charge is 0.481 e. The third kappa shape index (κ3) is 5.15. The number of aliphatic carboxylic acids is 1. The van der Waals surface area contributed by atoms with E-state index in [4.69, 9.17) is 5.11 Å². The lowest BCUT2D eigenvalue weighted by Gasteiger charge is -2.15. The molecule has 0 aliphatic heterocycles. The Hall–Kier alpha value is -1.84. The zero-order valence-electron chi connectivity index (χ0n) is 9.85. The van der Waals surface area contributed by atoms with E-state index in [0.717, 1.165) is 5.56 Å². The predicted octanol–water partition coefficient (Wildman–Crippen LogP) is 1.52. The van der Waals surface area contributed by atoms with Crippen LogP contribution in [0.25, 0.3) is 0 Å². The van der Waals surface area contributed by atoms with Gasteiger partial charge in [0.1, 0.15) is 0 Å². The fourth-order valence-electron chi connectivity index (χ4n) is 1.65. The number of carboxylic acid groups (broad SMARTS) is 1. The first-order valence-corrected chi connectivity index (χ1v) is 5.59. The van der Waals surface area contributed by atoms with Gasteiger partial charge in [-0.15, -0.1) is 0 Å². The highest BCUT2D eigenvalue weighted by molar-refractivity contribution is 5.66. The summed E-state index contributed by atoms with van der Waals surface area (Å²) in [7, 11) is 0. The van der Waals surface area contributed by atoms with Gasteiger partial charge in [0.2, 0.25) is 6.41 Å². The van der Waals surface area contributed by atoms with E-state index >= 15 is 0 Å². The van der Waals surface area contributed by atoms with Gasteiger partial charge in [-0.2, -0.15) is 0 Å². The van der Waals surface area contributed by atoms with Crippen LogP contribution in [0.1, 0.15) is 24.0 Å². The summed E-state index contributed by atoms with van der Waals surface area (Å²) in [6.45, 7) is 2.01. The van der Waals surface area contributed by atoms with E-state index < -0.39 is 5.97 Å². The lowest BCUT2D eigenvalue weighted by atomic mass is 10.0. The van der Waals surface area contributed by atoms with Gasteiger partial charge in [-0.3, -0.25) is 9.59 Å². The lowest BCUT2D eigenvalue weighted by molar-refractivity contribution is -0.137. The summed E-state index contributed by atoms with van der Waals surface area (Å²) in [5, 5.41) is 11.3. The summed E-state index contributed by atoms with van der Waals surface area (Å²) >= 11 is 0. The molecular formula is C13H17NO3. The van der Waals surface area contributed by atoms with Crippen molar-refractivity contribution in [3.8, 4) is 0 Å². The number of aryl methyl sites for hydroxylation is 1. The Bertz CT molecular complexity index is 373. The van der Waals surface area contributed by atoms with Gasteiger partial charge in [0, 0.05) is 12.5 Å². The smallest absolute Gasteiger partial charge is 0.303 e. The normalized spacial score (nSPS) is 11.8. The molecule has 17 heavy (non-hydrogen) atoms. The quantitative estimate of drug-likeness (QED) is 0.704. The van der Waals surface area contributed by atoms with Crippen LogP contribution in [0, 0.1) is 6.92 Å². The van der Waals surface area contributed by atoms with Gasteiger partial charge >= 0.3 is 5.97 Å². The highest BCUT2D eigenvalue weighted by Gasteiger charge is 2.10. The number of hydrogen-bond donors (Lipinski definition) is 2. The molecule has 0 radical (unpaired) electrons. The zero-order chi connectivity index (χ0) is 12.7. The van der Waals surface area contributed by atoms with E-state index in [-0.39, 0.29) is 12.5 Å². The van der Waals surface area contributed by atoms with Crippen molar-refractivity contribution in [2.45, 2.75) is 32.2 Å². The highest BCUT2D eigenvalue weighted by atomic mass is 16.4. The molecule has 0 aliphatic rings. The second-order valence-corrected chi connectivity index (χ2v) is 4.10. The van der Waals surface area contributed by atoms with Crippen molar-refractivity contribution in [1.82, 2.24) is 5.32 Å². The highest BCUT2D eigenvalue weighted by Crippen LogP contribution is 2.09. The van der Waals surface area contributed by atoms with Gasteiger partial charge < -0.3 is 10.4 Å². The number of benzene rings is 1. The number of amides is 1. The van der Waals surface area contributed by atoms with E-state index in [1.165, 1.54) is 5.56 Å². The van der Waals surface area contributed by atoms with E-state index in [1.54, 1.807) is 0 Å². The van der Waals surface area contributed by atoms with Crippen molar-refractivity contribution < 1.29 is 14.7 Å². The summed E-state index contributed by atoms with van der Waals surface area (Å²) in [5.74, 6) is -0.841. The molecule has 0 fully saturated rings. The van der Waals surface area contributed by atoms with E-state index in [0.29, 0.717) is 19.3 Å². The third-order valence-electron chi connectivity index (χ3n) is 2.61. The maximum atomic E-state index is 10.5. The number of nitrogens with one attached hydrogen (secondary N) is 1. The number of carbonyl (C=O) groups excluding carboxylic acids is 1. The van der Waals surface area contributed by atoms with Crippen molar-refractivity contribution in [3.05, 3.63) is 35.4 Å². The maximum absolute atomic E-state index is 10.5. The molecule has 0 heterocycles. The van der Waals surface area contributed by atoms with E-state index in [9.17, 15) is 9.59 Å². The van der Waals surface area contributed by atoms with Crippen molar-refractivity contribution in [3.63, 3.8) is 0 Å². The molecule has 4 heteroatoms. The SMILES string of the molecule is Cc1ccc(CC(CCC(=O)O)NC=O)cc1. The molecule has 92 valence electrons. The molecule has 1 atom stereocenters. The van der Waals surface area contributed by atoms with Gasteiger partial charge in [0.05, 0.1) is 0 Å². The van der Waals surface area contributed by atoms with E-state index in [2.05, 4.69) is 5.32 Å². The Morgan fingerprint density at radius 2 is 2.06 bits per heavy atom. The van der Waals surface area contributed by atoms with Crippen LogP contribution in [0.15, 0.2) is 24.3 Å². The van der Waals surface area contributed by atoms with Gasteiger partial charge in [-0.25, -0.2) is 0 Å². The fourth-order valence-corrected chi connectivity index (χ4v) is 1.65. The second kappa shape index (κ2) is 6.68. The molecule has 1 aromatic carbocycles. The van der Waals surface area contributed by atoms with Crippen LogP contribution in [0.3, 0.4) is 0 Å². The summed E-state index contributed by atoms with van der Waals surface area (Å²) < 4.78 is 0. The molecule has 4 nitrogen and oxygen atoms in total. The first-order valence-electron chi connectivity index (χ1n) is 5.59. The summed E-state index contributed by atoms with van der Waals surface area (Å²) in [6.07, 6.45) is 1.80. The van der Waals surface area contributed by atoms with Gasteiger partial charge in [0.25, 0.3) is 0 Å². The Morgan fingerprint density at radius 3 is 2.59 bits per heavy atom. The lowest BCUT2D eigenvalue weighted by Crippen LogP contribution is -2.30. The number of hydrogen-bond acceptors (Lipinski definition) is 2. The average molecular weight is 235 g/mol. The molecular weight excluding hydrogens is 218 g/mol. The maximum Gasteiger partial charge on any atom is 0.303 e. The van der Waals surface area contributed by atoms with Crippen molar-refractivity contribution in [2.24, 2.45) is 0 Å². The van der Waals surface area contributed by atoms with Crippen molar-refractivity contribution >= 4 is 12.4 Å². The van der Waals surface area contributed by atoms with Crippen LogP contribution in [-0.4, -0.2) is 23.5 Å². The molecule has 0 bridgehead atoms. The molecule has 0 aromatic heterocycles. The number of rotatable bonds is 7. The molecule has 0 spiro atoms. The Labute approximate surface area is 101 Å². The summed E-state index contributed by atoms with van der Waals surface area (Å²) in [6, 6.07) is 7.88. The number of carbonyl (C=O) groups is 2. The Balaban J connectivity index is 2.56. The minimum absolute atomic E-state index is 0.0668. The van der Waals surface area contributed by atoms with Crippen LogP contribution in [0.4, 0.5) is 0 Å². The van der Waals surface area contributed by atoms with Gasteiger partial charge in [0.15, 0.2) is 0 Å². The Kier molecular flexibility index (Phi) is 5.20. The van der Waals surface area contributed by atoms with Crippen molar-refractivity contribution in [1.29, 1.82) is 0 Å². The minimum atomic E-state index is -0.841. The Morgan fingerprint density at radius 1 is 1.41 bits per heavy atom. The number of carboxylic acids is 1. The summed E-state index contributed by atoms with van der Waals surface area (Å²) in [5.41, 5.74) is 2.28. The molecule has 0 saturated heterocycles. The molecule has 1 amide bonds. The third-order valence-corrected chi connectivity index (χ3v) is 2.61. The minimum Gasteiger partial charge on any atom is -0.481 e.